The molecule has 0 spiro atoms. The van der Waals surface area contributed by atoms with Crippen LogP contribution in [0.25, 0.3) is 11.1 Å². The maximum atomic E-state index is 15.1. The van der Waals surface area contributed by atoms with Gasteiger partial charge in [0.1, 0.15) is 0 Å². The summed E-state index contributed by atoms with van der Waals surface area (Å²) in [7, 11) is 0. The van der Waals surface area contributed by atoms with Crippen molar-refractivity contribution >= 4 is 0 Å². The van der Waals surface area contributed by atoms with Crippen LogP contribution in [0.4, 0.5) is 17.6 Å². The van der Waals surface area contributed by atoms with Gasteiger partial charge in [-0.3, -0.25) is 0 Å². The highest BCUT2D eigenvalue weighted by molar-refractivity contribution is 5.65. The Morgan fingerprint density at radius 1 is 0.700 bits per heavy atom. The van der Waals surface area contributed by atoms with Crippen LogP contribution in [0.2, 0.25) is 0 Å². The summed E-state index contributed by atoms with van der Waals surface area (Å²) in [4.78, 5) is 0. The summed E-state index contributed by atoms with van der Waals surface area (Å²) in [5.41, 5.74) is 2.82. The molecule has 0 unspecified atom stereocenters. The van der Waals surface area contributed by atoms with Crippen molar-refractivity contribution in [2.24, 2.45) is 5.92 Å². The molecule has 0 amide bonds. The minimum atomic E-state index is -0.904. The Morgan fingerprint density at radius 3 is 2.12 bits per heavy atom. The molecule has 1 fully saturated rings. The molecule has 0 aromatic heterocycles. The van der Waals surface area contributed by atoms with Crippen LogP contribution in [0, 0.1) is 36.1 Å². The number of hydrogen-bond acceptors (Lipinski definition) is 1. The molecule has 0 saturated heterocycles. The predicted octanol–water partition coefficient (Wildman–Crippen LogP) is 10.9. The lowest BCUT2D eigenvalue weighted by molar-refractivity contribution is 0.283. The molecule has 3 aromatic rings. The molecule has 0 N–H and O–H groups in total. The van der Waals surface area contributed by atoms with E-state index in [1.807, 2.05) is 31.2 Å². The molecule has 40 heavy (non-hydrogen) atoms. The predicted molar refractivity (Wildman–Crippen MR) is 155 cm³/mol. The fraction of sp³-hybridized carbons (Fsp3) is 0.486. The second-order valence-electron chi connectivity index (χ2n) is 11.4. The van der Waals surface area contributed by atoms with E-state index in [9.17, 15) is 13.2 Å². The molecule has 1 aliphatic carbocycles. The van der Waals surface area contributed by atoms with E-state index < -0.39 is 23.3 Å². The number of benzene rings is 3. The monoisotopic (exact) mass is 554 g/mol. The van der Waals surface area contributed by atoms with Crippen molar-refractivity contribution in [1.82, 2.24) is 0 Å². The minimum Gasteiger partial charge on any atom is -0.490 e. The third kappa shape index (κ3) is 7.67. The Morgan fingerprint density at radius 2 is 1.40 bits per heavy atom. The molecule has 0 bridgehead atoms. The fourth-order valence-corrected chi connectivity index (χ4v) is 5.90. The van der Waals surface area contributed by atoms with E-state index in [1.54, 1.807) is 24.3 Å². The summed E-state index contributed by atoms with van der Waals surface area (Å²) in [5, 5.41) is 0. The van der Waals surface area contributed by atoms with E-state index in [0.717, 1.165) is 56.9 Å². The van der Waals surface area contributed by atoms with Crippen LogP contribution < -0.4 is 4.74 Å². The summed E-state index contributed by atoms with van der Waals surface area (Å²) in [5.74, 6) is -2.97. The van der Waals surface area contributed by atoms with Crippen molar-refractivity contribution in [3.8, 4) is 16.9 Å². The van der Waals surface area contributed by atoms with Gasteiger partial charge in [-0.2, -0.15) is 4.39 Å². The molecule has 216 valence electrons. The van der Waals surface area contributed by atoms with E-state index in [0.29, 0.717) is 35.6 Å². The lowest BCUT2D eigenvalue weighted by Crippen LogP contribution is -2.16. The first-order valence-corrected chi connectivity index (χ1v) is 15.0. The Labute approximate surface area is 237 Å². The Bertz CT molecular complexity index is 1230. The van der Waals surface area contributed by atoms with Gasteiger partial charge in [0.2, 0.25) is 5.82 Å². The van der Waals surface area contributed by atoms with Gasteiger partial charge in [0.05, 0.1) is 6.61 Å². The zero-order chi connectivity index (χ0) is 28.5. The highest BCUT2D eigenvalue weighted by Gasteiger charge is 2.27. The summed E-state index contributed by atoms with van der Waals surface area (Å²) in [6, 6.07) is 14.0. The Hall–Kier alpha value is -2.82. The highest BCUT2D eigenvalue weighted by atomic mass is 19.2. The fourth-order valence-electron chi connectivity index (χ4n) is 5.90. The van der Waals surface area contributed by atoms with E-state index >= 15 is 4.39 Å². The third-order valence-electron chi connectivity index (χ3n) is 8.47. The van der Waals surface area contributed by atoms with Crippen LogP contribution in [-0.4, -0.2) is 6.61 Å². The van der Waals surface area contributed by atoms with Crippen LogP contribution in [0.5, 0.6) is 5.75 Å². The third-order valence-corrected chi connectivity index (χ3v) is 8.47. The minimum absolute atomic E-state index is 0.0158. The Kier molecular flexibility index (Phi) is 11.1. The first-order valence-electron chi connectivity index (χ1n) is 15.0. The summed E-state index contributed by atoms with van der Waals surface area (Å²) >= 11 is 0. The van der Waals surface area contributed by atoms with Gasteiger partial charge >= 0.3 is 0 Å². The number of unbranched alkanes of at least 4 members (excludes halogenated alkanes) is 5. The average molecular weight is 555 g/mol. The van der Waals surface area contributed by atoms with Crippen LogP contribution in [0.1, 0.15) is 100 Å². The molecule has 0 aliphatic heterocycles. The molecule has 1 nitrogen and oxygen atoms in total. The smallest absolute Gasteiger partial charge is 0.200 e. The second-order valence-corrected chi connectivity index (χ2v) is 11.4. The van der Waals surface area contributed by atoms with Gasteiger partial charge in [-0.1, -0.05) is 87.1 Å². The number of rotatable bonds is 13. The maximum Gasteiger partial charge on any atom is 0.200 e. The SMILES string of the molecule is CCCCCCCCOc1ccc(CCC2CCC(c3ccc(-c4ccc(C)cc4)c(F)c3F)CC2)c(F)c1F. The van der Waals surface area contributed by atoms with Crippen LogP contribution in [0.15, 0.2) is 48.5 Å². The molecule has 4 rings (SSSR count). The molecule has 3 aromatic carbocycles. The second kappa shape index (κ2) is 14.7. The Balaban J connectivity index is 1.26. The first-order chi connectivity index (χ1) is 19.4. The lowest BCUT2D eigenvalue weighted by Gasteiger charge is -2.29. The number of aryl methyl sites for hydroxylation is 2. The molecule has 0 radical (unpaired) electrons. The molecule has 1 saturated carbocycles. The highest BCUT2D eigenvalue weighted by Crippen LogP contribution is 2.40. The lowest BCUT2D eigenvalue weighted by atomic mass is 9.76. The van der Waals surface area contributed by atoms with Gasteiger partial charge in [-0.25, -0.2) is 13.2 Å². The maximum absolute atomic E-state index is 15.1. The van der Waals surface area contributed by atoms with E-state index in [-0.39, 0.29) is 17.2 Å². The summed E-state index contributed by atoms with van der Waals surface area (Å²) < 4.78 is 64.9. The van der Waals surface area contributed by atoms with Gasteiger partial charge in [0.15, 0.2) is 23.2 Å². The molecular weight excluding hydrogens is 512 g/mol. The molecule has 0 heterocycles. The average Bonchev–Trinajstić information content (AvgIpc) is 2.96. The van der Waals surface area contributed by atoms with Crippen molar-refractivity contribution in [2.75, 3.05) is 6.61 Å². The molecule has 5 heteroatoms. The van der Waals surface area contributed by atoms with Crippen molar-refractivity contribution in [1.29, 1.82) is 0 Å². The zero-order valence-electron chi connectivity index (χ0n) is 23.9. The van der Waals surface area contributed by atoms with Crippen molar-refractivity contribution < 1.29 is 22.3 Å². The topological polar surface area (TPSA) is 9.23 Å². The van der Waals surface area contributed by atoms with Crippen molar-refractivity contribution in [3.05, 3.63) is 88.5 Å². The van der Waals surface area contributed by atoms with Gasteiger partial charge < -0.3 is 4.74 Å². The number of halogens is 4. The largest absolute Gasteiger partial charge is 0.490 e. The molecule has 0 atom stereocenters. The summed E-state index contributed by atoms with van der Waals surface area (Å²) in [6.45, 7) is 4.52. The normalized spacial score (nSPS) is 17.2. The van der Waals surface area contributed by atoms with Crippen molar-refractivity contribution in [2.45, 2.75) is 96.8 Å². The van der Waals surface area contributed by atoms with Crippen LogP contribution in [0.3, 0.4) is 0 Å². The first kappa shape index (κ1) is 30.1. The van der Waals surface area contributed by atoms with Crippen LogP contribution in [-0.2, 0) is 6.42 Å². The van der Waals surface area contributed by atoms with Crippen molar-refractivity contribution in [3.63, 3.8) is 0 Å². The zero-order valence-corrected chi connectivity index (χ0v) is 23.9. The van der Waals surface area contributed by atoms with Gasteiger partial charge in [0.25, 0.3) is 0 Å². The van der Waals surface area contributed by atoms with E-state index in [4.69, 9.17) is 4.74 Å². The van der Waals surface area contributed by atoms with E-state index in [2.05, 4.69) is 6.92 Å². The van der Waals surface area contributed by atoms with Gasteiger partial charge in [-0.15, -0.1) is 0 Å². The number of hydrogen-bond donors (Lipinski definition) is 0. The molecular formula is C35H42F4O. The quantitative estimate of drug-likeness (QED) is 0.151. The summed E-state index contributed by atoms with van der Waals surface area (Å²) in [6.07, 6.45) is 11.0. The standard InChI is InChI=1S/C35H42F4O/c1-3-4-5-6-7-8-23-40-31-22-19-28(32(36)35(31)39)18-13-25-11-16-27(17-12-25)30-21-20-29(33(37)34(30)38)26-14-9-24(2)10-15-26/h9-10,14-15,19-22,25,27H,3-8,11-13,16-18,23H2,1-2H3. The van der Waals surface area contributed by atoms with E-state index in [1.165, 1.54) is 19.3 Å². The number of ether oxygens (including phenoxy) is 1. The van der Waals surface area contributed by atoms with Gasteiger partial charge in [0, 0.05) is 5.56 Å². The van der Waals surface area contributed by atoms with Gasteiger partial charge in [-0.05, 0) is 86.5 Å². The molecule has 1 aliphatic rings. The van der Waals surface area contributed by atoms with Crippen LogP contribution >= 0.6 is 0 Å².